The van der Waals surface area contributed by atoms with Crippen molar-refractivity contribution in [3.8, 4) is 0 Å². The number of aryl methyl sites for hydroxylation is 1. The lowest BCUT2D eigenvalue weighted by molar-refractivity contribution is -0.118. The van der Waals surface area contributed by atoms with E-state index < -0.39 is 23.7 Å². The van der Waals surface area contributed by atoms with E-state index in [0.717, 1.165) is 29.5 Å². The van der Waals surface area contributed by atoms with Crippen molar-refractivity contribution >= 4 is 17.5 Å². The van der Waals surface area contributed by atoms with Crippen LogP contribution in [0.1, 0.15) is 59.7 Å². The molecule has 2 aromatic rings. The largest absolute Gasteiger partial charge is 0.337 e. The van der Waals surface area contributed by atoms with E-state index >= 15 is 0 Å². The number of halogens is 1. The first-order chi connectivity index (χ1) is 14.4. The van der Waals surface area contributed by atoms with Crippen molar-refractivity contribution in [3.63, 3.8) is 0 Å². The van der Waals surface area contributed by atoms with Gasteiger partial charge >= 0.3 is 0 Å². The molecular weight excluding hydrogens is 385 g/mol. The molecule has 156 valence electrons. The van der Waals surface area contributed by atoms with Gasteiger partial charge in [0.2, 0.25) is 11.7 Å². The molecule has 0 spiro atoms. The summed E-state index contributed by atoms with van der Waals surface area (Å²) < 4.78 is 14.4. The molecule has 2 atom stereocenters. The molecule has 2 amide bonds. The molecule has 4 rings (SSSR count). The topological polar surface area (TPSA) is 99.8 Å². The third-order valence-corrected chi connectivity index (χ3v) is 5.43. The van der Waals surface area contributed by atoms with E-state index in [0.29, 0.717) is 18.7 Å². The van der Waals surface area contributed by atoms with Crippen LogP contribution in [0.15, 0.2) is 35.9 Å². The number of allylic oxidation sites excluding steroid dienone is 4. The predicted molar refractivity (Wildman–Crippen MR) is 111 cm³/mol. The van der Waals surface area contributed by atoms with Gasteiger partial charge in [-0.1, -0.05) is 31.2 Å². The molecule has 3 N–H and O–H groups in total. The number of fused-ring (bicyclic) bond motifs is 1. The highest BCUT2D eigenvalue weighted by Gasteiger charge is 2.31. The van der Waals surface area contributed by atoms with Crippen LogP contribution in [0.5, 0.6) is 0 Å². The van der Waals surface area contributed by atoms with E-state index in [2.05, 4.69) is 38.0 Å². The summed E-state index contributed by atoms with van der Waals surface area (Å²) in [6.07, 6.45) is 9.22. The normalized spacial score (nSPS) is 20.8. The zero-order valence-corrected chi connectivity index (χ0v) is 17.0. The molecule has 30 heavy (non-hydrogen) atoms. The minimum Gasteiger partial charge on any atom is -0.337 e. The van der Waals surface area contributed by atoms with Crippen molar-refractivity contribution in [2.75, 3.05) is 5.32 Å². The number of nitrogens with one attached hydrogen (secondary N) is 3. The second-order valence-electron chi connectivity index (χ2n) is 7.90. The highest BCUT2D eigenvalue weighted by Crippen LogP contribution is 2.34. The van der Waals surface area contributed by atoms with Crippen LogP contribution < -0.4 is 10.6 Å². The minimum atomic E-state index is -0.814. The SMILES string of the molecule is Cc1cc(F)c2c(c1)[C@@H](C)CC(NC(=O)c1n[nH]c(CC3=CCCC=C3)n1)C(=O)N2. The standard InChI is InChI=1S/C22H24FN5O2/c1-12-8-15-13(2)10-17(21(29)26-19(15)16(23)9-12)24-22(30)20-25-18(27-28-20)11-14-6-4-3-5-7-14/h4,6-9,13,17H,3,5,10-11H2,1-2H3,(H,24,30)(H,26,29)(H,25,27,28)/t13-,17?/m0/s1. The maximum atomic E-state index is 14.4. The highest BCUT2D eigenvalue weighted by molar-refractivity contribution is 6.01. The first-order valence-electron chi connectivity index (χ1n) is 10.1. The zero-order chi connectivity index (χ0) is 21.3. The van der Waals surface area contributed by atoms with Crippen LogP contribution in [0, 0.1) is 12.7 Å². The van der Waals surface area contributed by atoms with Gasteiger partial charge in [-0.25, -0.2) is 9.37 Å². The number of amides is 2. The van der Waals surface area contributed by atoms with Gasteiger partial charge in [0.05, 0.1) is 5.69 Å². The van der Waals surface area contributed by atoms with Crippen molar-refractivity contribution in [2.45, 2.75) is 51.5 Å². The summed E-state index contributed by atoms with van der Waals surface area (Å²) in [5, 5.41) is 12.1. The van der Waals surface area contributed by atoms with E-state index in [-0.39, 0.29) is 17.4 Å². The summed E-state index contributed by atoms with van der Waals surface area (Å²) in [4.78, 5) is 29.5. The fourth-order valence-corrected chi connectivity index (χ4v) is 3.90. The Morgan fingerprint density at radius 1 is 1.33 bits per heavy atom. The van der Waals surface area contributed by atoms with Gasteiger partial charge in [0, 0.05) is 6.42 Å². The van der Waals surface area contributed by atoms with Crippen LogP contribution in [-0.4, -0.2) is 33.0 Å². The monoisotopic (exact) mass is 409 g/mol. The Kier molecular flexibility index (Phi) is 5.48. The Balaban J connectivity index is 1.46. The number of aromatic amines is 1. The second-order valence-corrected chi connectivity index (χ2v) is 7.90. The average molecular weight is 409 g/mol. The Morgan fingerprint density at radius 3 is 2.93 bits per heavy atom. The fraction of sp³-hybridized carbons (Fsp3) is 0.364. The molecule has 0 fully saturated rings. The summed E-state index contributed by atoms with van der Waals surface area (Å²) in [5.41, 5.74) is 2.82. The maximum absolute atomic E-state index is 14.4. The molecule has 1 unspecified atom stereocenters. The Morgan fingerprint density at radius 2 is 2.17 bits per heavy atom. The van der Waals surface area contributed by atoms with E-state index in [1.807, 2.05) is 26.0 Å². The molecule has 1 aromatic carbocycles. The summed E-state index contributed by atoms with van der Waals surface area (Å²) in [6.45, 7) is 3.72. The second kappa shape index (κ2) is 8.22. The molecule has 8 heteroatoms. The van der Waals surface area contributed by atoms with Gasteiger partial charge in [-0.15, -0.1) is 5.10 Å². The van der Waals surface area contributed by atoms with Crippen molar-refractivity contribution in [1.29, 1.82) is 0 Å². The van der Waals surface area contributed by atoms with Crippen LogP contribution >= 0.6 is 0 Å². The number of hydrogen-bond acceptors (Lipinski definition) is 4. The van der Waals surface area contributed by atoms with Crippen LogP contribution in [0.25, 0.3) is 0 Å². The van der Waals surface area contributed by atoms with Gasteiger partial charge in [0.1, 0.15) is 17.7 Å². The number of nitrogens with zero attached hydrogens (tertiary/aromatic N) is 2. The van der Waals surface area contributed by atoms with Crippen molar-refractivity contribution in [3.05, 3.63) is 64.5 Å². The molecule has 7 nitrogen and oxygen atoms in total. The van der Waals surface area contributed by atoms with Gasteiger partial charge in [0.25, 0.3) is 5.91 Å². The zero-order valence-electron chi connectivity index (χ0n) is 17.0. The number of aromatic nitrogens is 3. The van der Waals surface area contributed by atoms with Crippen molar-refractivity contribution < 1.29 is 14.0 Å². The van der Waals surface area contributed by atoms with Gasteiger partial charge in [-0.05, 0) is 54.9 Å². The van der Waals surface area contributed by atoms with Crippen LogP contribution in [-0.2, 0) is 11.2 Å². The van der Waals surface area contributed by atoms with Crippen molar-refractivity contribution in [2.24, 2.45) is 0 Å². The molecule has 0 saturated heterocycles. The van der Waals surface area contributed by atoms with E-state index in [4.69, 9.17) is 0 Å². The first-order valence-corrected chi connectivity index (χ1v) is 10.1. The lowest BCUT2D eigenvalue weighted by atomic mass is 9.93. The van der Waals surface area contributed by atoms with Gasteiger partial charge in [-0.2, -0.15) is 0 Å². The first kappa shape index (κ1) is 20.0. The Labute approximate surface area is 173 Å². The highest BCUT2D eigenvalue weighted by atomic mass is 19.1. The number of H-pyrrole nitrogens is 1. The minimum absolute atomic E-state index is 0.0189. The molecule has 1 aliphatic carbocycles. The number of benzene rings is 1. The van der Waals surface area contributed by atoms with Crippen LogP contribution in [0.2, 0.25) is 0 Å². The lowest BCUT2D eigenvalue weighted by Crippen LogP contribution is -2.43. The predicted octanol–water partition coefficient (Wildman–Crippen LogP) is 3.32. The molecule has 0 saturated carbocycles. The lowest BCUT2D eigenvalue weighted by Gasteiger charge is -2.16. The molecule has 2 aliphatic rings. The molecule has 0 radical (unpaired) electrons. The third kappa shape index (κ3) is 4.17. The van der Waals surface area contributed by atoms with Crippen LogP contribution in [0.3, 0.4) is 0 Å². The van der Waals surface area contributed by atoms with E-state index in [1.165, 1.54) is 6.07 Å². The van der Waals surface area contributed by atoms with Gasteiger partial charge in [-0.3, -0.25) is 14.7 Å². The number of anilines is 1. The van der Waals surface area contributed by atoms with Gasteiger partial charge in [0.15, 0.2) is 0 Å². The molecule has 0 bridgehead atoms. The molecule has 2 heterocycles. The maximum Gasteiger partial charge on any atom is 0.291 e. The molecule has 1 aliphatic heterocycles. The van der Waals surface area contributed by atoms with Crippen molar-refractivity contribution in [1.82, 2.24) is 20.5 Å². The smallest absolute Gasteiger partial charge is 0.291 e. The van der Waals surface area contributed by atoms with Crippen LogP contribution in [0.4, 0.5) is 10.1 Å². The van der Waals surface area contributed by atoms with E-state index in [9.17, 15) is 14.0 Å². The molecule has 1 aromatic heterocycles. The summed E-state index contributed by atoms with van der Waals surface area (Å²) in [7, 11) is 0. The fourth-order valence-electron chi connectivity index (χ4n) is 3.90. The summed E-state index contributed by atoms with van der Waals surface area (Å²) in [5.74, 6) is -1.02. The van der Waals surface area contributed by atoms with Gasteiger partial charge < -0.3 is 10.6 Å². The summed E-state index contributed by atoms with van der Waals surface area (Å²) in [6, 6.07) is 2.44. The average Bonchev–Trinajstić information content (AvgIpc) is 3.14. The number of carbonyl (C=O) groups is 2. The van der Waals surface area contributed by atoms with E-state index in [1.54, 1.807) is 0 Å². The Hall–Kier alpha value is -3.29. The number of hydrogen-bond donors (Lipinski definition) is 3. The molecular formula is C22H24FN5O2. The third-order valence-electron chi connectivity index (χ3n) is 5.43. The Bertz CT molecular complexity index is 1060. The number of rotatable bonds is 4. The quantitative estimate of drug-likeness (QED) is 0.721. The summed E-state index contributed by atoms with van der Waals surface area (Å²) >= 11 is 0. The number of carbonyl (C=O) groups excluding carboxylic acids is 2.